The van der Waals surface area contributed by atoms with Crippen LogP contribution in [0, 0.1) is 0 Å². The number of rotatable bonds is 5. The predicted molar refractivity (Wildman–Crippen MR) is 97.5 cm³/mol. The second-order valence-electron chi connectivity index (χ2n) is 6.07. The van der Waals surface area contributed by atoms with Gasteiger partial charge in [0.05, 0.1) is 11.4 Å². The summed E-state index contributed by atoms with van der Waals surface area (Å²) in [6, 6.07) is 10.0. The van der Waals surface area contributed by atoms with Gasteiger partial charge in [-0.05, 0) is 23.9 Å². The number of hydrogen-bond acceptors (Lipinski definition) is 4. The lowest BCUT2D eigenvalue weighted by Crippen LogP contribution is -2.51. The van der Waals surface area contributed by atoms with Gasteiger partial charge in [0.15, 0.2) is 0 Å². The van der Waals surface area contributed by atoms with Crippen molar-refractivity contribution >= 4 is 33.2 Å². The summed E-state index contributed by atoms with van der Waals surface area (Å²) >= 11 is 1.55. The Morgan fingerprint density at radius 3 is 2.62 bits per heavy atom. The van der Waals surface area contributed by atoms with Crippen LogP contribution >= 0.6 is 11.3 Å². The molecule has 0 saturated carbocycles. The van der Waals surface area contributed by atoms with Crippen LogP contribution in [0.5, 0.6) is 0 Å². The molecule has 0 bridgehead atoms. The number of fused-ring (bicyclic) bond motifs is 1. The lowest BCUT2D eigenvalue weighted by Gasteiger charge is -2.34. The van der Waals surface area contributed by atoms with Gasteiger partial charge in [-0.15, -0.1) is 11.3 Å². The molecule has 1 fully saturated rings. The van der Waals surface area contributed by atoms with Crippen LogP contribution in [-0.2, 0) is 4.79 Å². The summed E-state index contributed by atoms with van der Waals surface area (Å²) in [5.74, 6) is 0.174. The summed E-state index contributed by atoms with van der Waals surface area (Å²) in [6.45, 7) is 6.03. The summed E-state index contributed by atoms with van der Waals surface area (Å²) in [7, 11) is 0. The van der Waals surface area contributed by atoms with E-state index in [1.807, 2.05) is 42.2 Å². The Kier molecular flexibility index (Phi) is 5.48. The van der Waals surface area contributed by atoms with E-state index < -0.39 is 0 Å². The van der Waals surface area contributed by atoms with Gasteiger partial charge in [-0.2, -0.15) is 0 Å². The van der Waals surface area contributed by atoms with Crippen molar-refractivity contribution in [1.82, 2.24) is 15.1 Å². The molecule has 0 spiro atoms. The number of amides is 2. The van der Waals surface area contributed by atoms with Gasteiger partial charge >= 0.3 is 0 Å². The maximum atomic E-state index is 12.7. The van der Waals surface area contributed by atoms with E-state index in [-0.39, 0.29) is 11.8 Å². The van der Waals surface area contributed by atoms with Crippen molar-refractivity contribution in [3.63, 3.8) is 0 Å². The molecule has 1 N–H and O–H groups in total. The zero-order valence-corrected chi connectivity index (χ0v) is 14.8. The first-order valence-corrected chi connectivity index (χ1v) is 9.26. The third-order valence-electron chi connectivity index (χ3n) is 4.24. The Hall–Kier alpha value is -1.92. The molecule has 6 heteroatoms. The Labute approximate surface area is 146 Å². The Bertz CT molecular complexity index is 687. The van der Waals surface area contributed by atoms with Gasteiger partial charge in [0.1, 0.15) is 0 Å². The first-order chi connectivity index (χ1) is 11.7. The number of piperazine rings is 1. The van der Waals surface area contributed by atoms with Crippen LogP contribution in [0.3, 0.4) is 0 Å². The van der Waals surface area contributed by atoms with Gasteiger partial charge in [0.25, 0.3) is 5.91 Å². The maximum Gasteiger partial charge on any atom is 0.264 e. The third-order valence-corrected chi connectivity index (χ3v) is 5.34. The van der Waals surface area contributed by atoms with Crippen LogP contribution in [0.4, 0.5) is 0 Å². The molecule has 0 atom stereocenters. The average molecular weight is 345 g/mol. The minimum Gasteiger partial charge on any atom is -0.355 e. The summed E-state index contributed by atoms with van der Waals surface area (Å²) < 4.78 is 1.15. The number of carbonyl (C=O) groups excluding carboxylic acids is 2. The molecule has 0 unspecified atom stereocenters. The van der Waals surface area contributed by atoms with Gasteiger partial charge in [0.2, 0.25) is 5.91 Å². The molecular formula is C18H23N3O2S. The SMILES string of the molecule is CCCNC(=O)CN1CCN(C(=O)c2cc3ccccc3s2)CC1. The fraction of sp³-hybridized carbons (Fsp3) is 0.444. The Morgan fingerprint density at radius 1 is 1.17 bits per heavy atom. The van der Waals surface area contributed by atoms with E-state index in [9.17, 15) is 9.59 Å². The number of nitrogens with one attached hydrogen (secondary N) is 1. The molecule has 1 aromatic heterocycles. The molecule has 1 saturated heterocycles. The van der Waals surface area contributed by atoms with Crippen molar-refractivity contribution in [2.24, 2.45) is 0 Å². The van der Waals surface area contributed by atoms with Crippen LogP contribution in [0.15, 0.2) is 30.3 Å². The Morgan fingerprint density at radius 2 is 1.92 bits per heavy atom. The van der Waals surface area contributed by atoms with Gasteiger partial charge in [-0.25, -0.2) is 0 Å². The number of carbonyl (C=O) groups is 2. The lowest BCUT2D eigenvalue weighted by atomic mass is 10.2. The predicted octanol–water partition coefficient (Wildman–Crippen LogP) is 2.19. The fourth-order valence-corrected chi connectivity index (χ4v) is 3.91. The quantitative estimate of drug-likeness (QED) is 0.904. The smallest absolute Gasteiger partial charge is 0.264 e. The van der Waals surface area contributed by atoms with Gasteiger partial charge in [-0.3, -0.25) is 14.5 Å². The van der Waals surface area contributed by atoms with E-state index in [4.69, 9.17) is 0 Å². The highest BCUT2D eigenvalue weighted by Crippen LogP contribution is 2.26. The zero-order chi connectivity index (χ0) is 16.9. The summed E-state index contributed by atoms with van der Waals surface area (Å²) in [5, 5.41) is 4.02. The first-order valence-electron chi connectivity index (χ1n) is 8.44. The average Bonchev–Trinajstić information content (AvgIpc) is 3.04. The fourth-order valence-electron chi connectivity index (χ4n) is 2.88. The highest BCUT2D eigenvalue weighted by Gasteiger charge is 2.24. The number of benzene rings is 1. The minimum atomic E-state index is 0.0705. The maximum absolute atomic E-state index is 12.7. The molecule has 0 aliphatic carbocycles. The molecule has 1 aliphatic rings. The van der Waals surface area contributed by atoms with E-state index in [1.54, 1.807) is 11.3 Å². The van der Waals surface area contributed by atoms with Gasteiger partial charge < -0.3 is 10.2 Å². The van der Waals surface area contributed by atoms with E-state index in [0.29, 0.717) is 19.6 Å². The van der Waals surface area contributed by atoms with Gasteiger partial charge in [0, 0.05) is 37.4 Å². The van der Waals surface area contributed by atoms with E-state index >= 15 is 0 Å². The normalized spacial score (nSPS) is 15.6. The summed E-state index contributed by atoms with van der Waals surface area (Å²) in [5.41, 5.74) is 0. The summed E-state index contributed by atoms with van der Waals surface area (Å²) in [4.78, 5) is 29.3. The van der Waals surface area contributed by atoms with Crippen LogP contribution in [-0.4, -0.2) is 60.9 Å². The van der Waals surface area contributed by atoms with Crippen LogP contribution in [0.25, 0.3) is 10.1 Å². The molecule has 0 radical (unpaired) electrons. The minimum absolute atomic E-state index is 0.0705. The summed E-state index contributed by atoms with van der Waals surface area (Å²) in [6.07, 6.45) is 0.948. The molecule has 24 heavy (non-hydrogen) atoms. The lowest BCUT2D eigenvalue weighted by molar-refractivity contribution is -0.122. The Balaban J connectivity index is 1.54. The van der Waals surface area contributed by atoms with Crippen molar-refractivity contribution in [3.8, 4) is 0 Å². The molecule has 2 amide bonds. The number of thiophene rings is 1. The third kappa shape index (κ3) is 3.94. The highest BCUT2D eigenvalue weighted by atomic mass is 32.1. The molecular weight excluding hydrogens is 322 g/mol. The molecule has 5 nitrogen and oxygen atoms in total. The van der Waals surface area contributed by atoms with Crippen molar-refractivity contribution in [2.75, 3.05) is 39.3 Å². The molecule has 128 valence electrons. The molecule has 3 rings (SSSR count). The van der Waals surface area contributed by atoms with Crippen molar-refractivity contribution in [3.05, 3.63) is 35.2 Å². The van der Waals surface area contributed by atoms with Crippen molar-refractivity contribution in [1.29, 1.82) is 0 Å². The highest BCUT2D eigenvalue weighted by molar-refractivity contribution is 7.20. The van der Waals surface area contributed by atoms with Gasteiger partial charge in [-0.1, -0.05) is 25.1 Å². The second kappa shape index (κ2) is 7.77. The molecule has 1 aliphatic heterocycles. The molecule has 2 aromatic rings. The standard InChI is InChI=1S/C18H23N3O2S/c1-2-7-19-17(22)13-20-8-10-21(11-9-20)18(23)16-12-14-5-3-4-6-15(14)24-16/h3-6,12H,2,7-11,13H2,1H3,(H,19,22). The molecule has 2 heterocycles. The largest absolute Gasteiger partial charge is 0.355 e. The number of hydrogen-bond donors (Lipinski definition) is 1. The number of nitrogens with zero attached hydrogens (tertiary/aromatic N) is 2. The second-order valence-corrected chi connectivity index (χ2v) is 7.15. The topological polar surface area (TPSA) is 52.7 Å². The van der Waals surface area contributed by atoms with Crippen molar-refractivity contribution in [2.45, 2.75) is 13.3 Å². The zero-order valence-electron chi connectivity index (χ0n) is 14.0. The van der Waals surface area contributed by atoms with E-state index in [2.05, 4.69) is 10.2 Å². The van der Waals surface area contributed by atoms with Crippen LogP contribution < -0.4 is 5.32 Å². The first kappa shape index (κ1) is 16.9. The van der Waals surface area contributed by atoms with E-state index in [0.717, 1.165) is 41.0 Å². The van der Waals surface area contributed by atoms with Crippen molar-refractivity contribution < 1.29 is 9.59 Å². The van der Waals surface area contributed by atoms with E-state index in [1.165, 1.54) is 0 Å². The van der Waals surface area contributed by atoms with Crippen LogP contribution in [0.1, 0.15) is 23.0 Å². The van der Waals surface area contributed by atoms with Crippen LogP contribution in [0.2, 0.25) is 0 Å². The molecule has 1 aromatic carbocycles. The monoisotopic (exact) mass is 345 g/mol.